The average Bonchev–Trinajstić information content (AvgIpc) is 2.21. The van der Waals surface area contributed by atoms with Gasteiger partial charge in [0.05, 0.1) is 16.0 Å². The number of nitro benzene ring substituents is 1. The summed E-state index contributed by atoms with van der Waals surface area (Å²) >= 11 is 2.84. The number of carbonyl (C=O) groups excluding carboxylic acids is 1. The number of carbonyl (C=O) groups is 1. The fourth-order valence-corrected chi connectivity index (χ4v) is 1.42. The molecule has 5 nitrogen and oxygen atoms in total. The van der Waals surface area contributed by atoms with Crippen LogP contribution in [0.4, 0.5) is 10.1 Å². The van der Waals surface area contributed by atoms with E-state index in [4.69, 9.17) is 0 Å². The van der Waals surface area contributed by atoms with Crippen LogP contribution in [-0.2, 0) is 4.74 Å². The van der Waals surface area contributed by atoms with Crippen molar-refractivity contribution < 1.29 is 18.8 Å². The second-order valence-electron chi connectivity index (χ2n) is 2.73. The lowest BCUT2D eigenvalue weighted by Crippen LogP contribution is -2.11. The quantitative estimate of drug-likeness (QED) is 0.488. The van der Waals surface area contributed by atoms with Gasteiger partial charge in [-0.1, -0.05) is 0 Å². The van der Waals surface area contributed by atoms with Crippen LogP contribution in [-0.4, -0.2) is 17.5 Å². The molecule has 1 aromatic rings. The topological polar surface area (TPSA) is 69.4 Å². The summed E-state index contributed by atoms with van der Waals surface area (Å²) in [6, 6.07) is 2.20. The number of nitro groups is 1. The van der Waals surface area contributed by atoms with E-state index in [0.717, 1.165) is 12.1 Å². The number of hydrogen-bond donors (Lipinski definition) is 0. The van der Waals surface area contributed by atoms with Gasteiger partial charge in [0.2, 0.25) is 0 Å². The third-order valence-corrected chi connectivity index (χ3v) is 2.36. The lowest BCUT2D eigenvalue weighted by Gasteiger charge is -2.05. The molecule has 0 aliphatic carbocycles. The Morgan fingerprint density at radius 3 is 2.75 bits per heavy atom. The molecule has 0 N–H and O–H groups in total. The Morgan fingerprint density at radius 2 is 2.25 bits per heavy atom. The van der Waals surface area contributed by atoms with E-state index in [2.05, 4.69) is 20.7 Å². The molecule has 0 heterocycles. The fourth-order valence-electron chi connectivity index (χ4n) is 1.09. The summed E-state index contributed by atoms with van der Waals surface area (Å²) in [5, 5.41) is 10.6. The Balaban J connectivity index is 3.37. The summed E-state index contributed by atoms with van der Waals surface area (Å²) in [6.45, 7) is 1.54. The summed E-state index contributed by atoms with van der Waals surface area (Å²) in [5.41, 5.74) is -1.28. The van der Waals surface area contributed by atoms with Gasteiger partial charge in [-0.25, -0.2) is 9.18 Å². The van der Waals surface area contributed by atoms with Crippen molar-refractivity contribution in [3.8, 4) is 0 Å². The van der Waals surface area contributed by atoms with Crippen LogP contribution in [0.5, 0.6) is 0 Å². The van der Waals surface area contributed by atoms with Gasteiger partial charge >= 0.3 is 5.97 Å². The van der Waals surface area contributed by atoms with Crippen molar-refractivity contribution in [3.05, 3.63) is 38.1 Å². The van der Waals surface area contributed by atoms with Gasteiger partial charge in [0, 0.05) is 6.07 Å². The van der Waals surface area contributed by atoms with Crippen molar-refractivity contribution in [1.82, 2.24) is 0 Å². The molecule has 0 atom stereocenters. The van der Waals surface area contributed by atoms with Crippen LogP contribution in [0.25, 0.3) is 0 Å². The van der Waals surface area contributed by atoms with Crippen molar-refractivity contribution in [2.75, 3.05) is 6.61 Å². The van der Waals surface area contributed by atoms with E-state index in [1.165, 1.54) is 6.92 Å². The first-order chi connectivity index (χ1) is 7.49. The summed E-state index contributed by atoms with van der Waals surface area (Å²) in [7, 11) is 0. The molecule has 1 aromatic carbocycles. The third-order valence-electron chi connectivity index (χ3n) is 1.75. The zero-order valence-electron chi connectivity index (χ0n) is 8.20. The Hall–Kier alpha value is -1.50. The third kappa shape index (κ3) is 2.35. The molecule has 0 saturated heterocycles. The number of benzene rings is 1. The Bertz CT molecular complexity index is 449. The number of esters is 1. The standard InChI is InChI=1S/C9H7BrFNO4/c1-2-16-9(13)7-6(12(14)15)4-3-5(10)8(7)11/h3-4H,2H2,1H3. The second-order valence-corrected chi connectivity index (χ2v) is 3.59. The first-order valence-electron chi connectivity index (χ1n) is 4.28. The predicted octanol–water partition coefficient (Wildman–Crippen LogP) is 2.67. The summed E-state index contributed by atoms with van der Waals surface area (Å²) in [4.78, 5) is 21.1. The number of nitrogens with zero attached hydrogens (tertiary/aromatic N) is 1. The highest BCUT2D eigenvalue weighted by Crippen LogP contribution is 2.28. The van der Waals surface area contributed by atoms with E-state index in [1.54, 1.807) is 0 Å². The lowest BCUT2D eigenvalue weighted by atomic mass is 10.1. The van der Waals surface area contributed by atoms with E-state index in [1.807, 2.05) is 0 Å². The van der Waals surface area contributed by atoms with Crippen molar-refractivity contribution in [2.45, 2.75) is 6.92 Å². The SMILES string of the molecule is CCOC(=O)c1c([N+](=O)[O-])ccc(Br)c1F. The molecule has 0 unspecified atom stereocenters. The summed E-state index contributed by atoms with van der Waals surface area (Å²) in [6.07, 6.45) is 0. The van der Waals surface area contributed by atoms with E-state index in [-0.39, 0.29) is 11.1 Å². The minimum Gasteiger partial charge on any atom is -0.462 e. The van der Waals surface area contributed by atoms with Crippen LogP contribution in [0.3, 0.4) is 0 Å². The zero-order valence-corrected chi connectivity index (χ0v) is 9.78. The molecule has 0 bridgehead atoms. The van der Waals surface area contributed by atoms with Crippen molar-refractivity contribution in [2.24, 2.45) is 0 Å². The average molecular weight is 292 g/mol. The van der Waals surface area contributed by atoms with Crippen molar-refractivity contribution >= 4 is 27.6 Å². The maximum atomic E-state index is 13.5. The van der Waals surface area contributed by atoms with Gasteiger partial charge in [-0.15, -0.1) is 0 Å². The molecule has 0 fully saturated rings. The number of halogens is 2. The van der Waals surface area contributed by atoms with Crippen molar-refractivity contribution in [3.63, 3.8) is 0 Å². The van der Waals surface area contributed by atoms with Gasteiger partial charge in [0.1, 0.15) is 0 Å². The van der Waals surface area contributed by atoms with Gasteiger partial charge in [0.25, 0.3) is 5.69 Å². The highest BCUT2D eigenvalue weighted by atomic mass is 79.9. The molecule has 1 rings (SSSR count). The van der Waals surface area contributed by atoms with E-state index < -0.39 is 28.0 Å². The minimum atomic E-state index is -1.05. The molecule has 0 radical (unpaired) electrons. The maximum absolute atomic E-state index is 13.5. The van der Waals surface area contributed by atoms with Gasteiger partial charge in [-0.05, 0) is 28.9 Å². The first kappa shape index (κ1) is 12.6. The zero-order chi connectivity index (χ0) is 12.3. The Kier molecular flexibility index (Phi) is 3.94. The highest BCUT2D eigenvalue weighted by molar-refractivity contribution is 9.10. The van der Waals surface area contributed by atoms with Crippen LogP contribution < -0.4 is 0 Å². The van der Waals surface area contributed by atoms with Gasteiger partial charge < -0.3 is 4.74 Å². The molecule has 0 saturated carbocycles. The fraction of sp³-hybridized carbons (Fsp3) is 0.222. The molecule has 16 heavy (non-hydrogen) atoms. The summed E-state index contributed by atoms with van der Waals surface area (Å²) in [5.74, 6) is -2.04. The predicted molar refractivity (Wildman–Crippen MR) is 56.7 cm³/mol. The molecule has 86 valence electrons. The molecule has 0 spiro atoms. The smallest absolute Gasteiger partial charge is 0.348 e. The molecular weight excluding hydrogens is 285 g/mol. The van der Waals surface area contributed by atoms with Gasteiger partial charge in [-0.3, -0.25) is 10.1 Å². The normalized spacial score (nSPS) is 9.94. The molecule has 0 aliphatic rings. The Morgan fingerprint density at radius 1 is 1.62 bits per heavy atom. The first-order valence-corrected chi connectivity index (χ1v) is 5.07. The van der Waals surface area contributed by atoms with E-state index in [0.29, 0.717) is 0 Å². The molecule has 0 aromatic heterocycles. The molecular formula is C9H7BrFNO4. The Labute approximate surface area is 98.5 Å². The van der Waals surface area contributed by atoms with Crippen LogP contribution in [0.2, 0.25) is 0 Å². The van der Waals surface area contributed by atoms with E-state index in [9.17, 15) is 19.3 Å². The van der Waals surface area contributed by atoms with Crippen LogP contribution in [0.15, 0.2) is 16.6 Å². The number of ether oxygens (including phenoxy) is 1. The largest absolute Gasteiger partial charge is 0.462 e. The molecule has 0 aliphatic heterocycles. The highest BCUT2D eigenvalue weighted by Gasteiger charge is 2.27. The van der Waals surface area contributed by atoms with Gasteiger partial charge in [-0.2, -0.15) is 0 Å². The van der Waals surface area contributed by atoms with Crippen LogP contribution in [0, 0.1) is 15.9 Å². The summed E-state index contributed by atoms with van der Waals surface area (Å²) < 4.78 is 18.1. The second kappa shape index (κ2) is 5.02. The van der Waals surface area contributed by atoms with Crippen LogP contribution >= 0.6 is 15.9 Å². The molecule has 7 heteroatoms. The van der Waals surface area contributed by atoms with E-state index >= 15 is 0 Å². The lowest BCUT2D eigenvalue weighted by molar-refractivity contribution is -0.385. The maximum Gasteiger partial charge on any atom is 0.348 e. The number of rotatable bonds is 3. The van der Waals surface area contributed by atoms with Crippen LogP contribution in [0.1, 0.15) is 17.3 Å². The van der Waals surface area contributed by atoms with Gasteiger partial charge in [0.15, 0.2) is 11.4 Å². The minimum absolute atomic E-state index is 0.0158. The van der Waals surface area contributed by atoms with Crippen molar-refractivity contribution in [1.29, 1.82) is 0 Å². The molecule has 0 amide bonds. The monoisotopic (exact) mass is 291 g/mol. The number of hydrogen-bond acceptors (Lipinski definition) is 4.